The number of rotatable bonds is 2. The Kier molecular flexibility index (Phi) is 3.63. The Hall–Kier alpha value is -2.19. The molecule has 0 bridgehead atoms. The van der Waals surface area contributed by atoms with Crippen molar-refractivity contribution in [3.05, 3.63) is 34.1 Å². The Morgan fingerprint density at radius 1 is 1.16 bits per heavy atom. The fourth-order valence-electron chi connectivity index (χ4n) is 1.28. The molecule has 0 radical (unpaired) electrons. The van der Waals surface area contributed by atoms with Crippen molar-refractivity contribution in [2.75, 3.05) is 17.3 Å². The molecule has 1 aromatic carbocycles. The third-order valence-corrected chi connectivity index (χ3v) is 2.80. The zero-order valence-corrected chi connectivity index (χ0v) is 11.2. The van der Waals surface area contributed by atoms with Crippen LogP contribution in [0.5, 0.6) is 0 Å². The minimum atomic E-state index is 0.0699. The second-order valence-corrected chi connectivity index (χ2v) is 4.36. The summed E-state index contributed by atoms with van der Waals surface area (Å²) in [6.07, 6.45) is 0. The number of nitrogens with zero attached hydrogens (tertiary/aromatic N) is 4. The van der Waals surface area contributed by atoms with E-state index in [1.807, 2.05) is 0 Å². The van der Waals surface area contributed by atoms with E-state index in [0.717, 1.165) is 4.68 Å². The summed E-state index contributed by atoms with van der Waals surface area (Å²) in [4.78, 5) is 3.84. The molecular weight excluding hydrogens is 286 g/mol. The first-order chi connectivity index (χ1) is 8.99. The van der Waals surface area contributed by atoms with Gasteiger partial charge in [-0.25, -0.2) is 4.68 Å². The second kappa shape index (κ2) is 5.21. The highest BCUT2D eigenvalue weighted by Crippen LogP contribution is 2.28. The highest BCUT2D eigenvalue weighted by Gasteiger charge is 2.09. The van der Waals surface area contributed by atoms with Crippen molar-refractivity contribution in [3.8, 4) is 0 Å². The fourth-order valence-corrected chi connectivity index (χ4v) is 1.60. The van der Waals surface area contributed by atoms with E-state index >= 15 is 0 Å². The van der Waals surface area contributed by atoms with Crippen LogP contribution in [-0.4, -0.2) is 9.66 Å². The average Bonchev–Trinajstić information content (AvgIpc) is 2.38. The molecule has 98 valence electrons. The summed E-state index contributed by atoms with van der Waals surface area (Å²) in [6.45, 7) is 0. The highest BCUT2D eigenvalue weighted by atomic mass is 35.5. The van der Waals surface area contributed by atoms with E-state index < -0.39 is 0 Å². The first-order valence-electron chi connectivity index (χ1n) is 5.09. The number of halogens is 1. The third-order valence-electron chi connectivity index (χ3n) is 2.26. The molecule has 0 aliphatic carbocycles. The molecule has 0 saturated heterocycles. The standard InChI is InChI=1S/C10H10ClN7S/c11-5-1-3-6(4-2-5)16-17-7-8(12)15-10(19)18(14)9(7)13/h1-4H,13-14H2,(H2,12,15,19). The van der Waals surface area contributed by atoms with Crippen LogP contribution < -0.4 is 17.3 Å². The molecule has 0 saturated carbocycles. The van der Waals surface area contributed by atoms with Crippen LogP contribution in [0.15, 0.2) is 34.5 Å². The predicted octanol–water partition coefficient (Wildman–Crippen LogP) is 2.56. The van der Waals surface area contributed by atoms with E-state index in [4.69, 9.17) is 41.1 Å². The lowest BCUT2D eigenvalue weighted by atomic mass is 10.3. The fraction of sp³-hybridized carbons (Fsp3) is 0. The van der Waals surface area contributed by atoms with Crippen LogP contribution in [0, 0.1) is 4.77 Å². The number of benzene rings is 1. The van der Waals surface area contributed by atoms with Crippen molar-refractivity contribution < 1.29 is 0 Å². The largest absolute Gasteiger partial charge is 0.382 e. The van der Waals surface area contributed by atoms with Crippen molar-refractivity contribution in [2.24, 2.45) is 10.2 Å². The molecule has 0 unspecified atom stereocenters. The van der Waals surface area contributed by atoms with Gasteiger partial charge in [0.15, 0.2) is 17.3 Å². The van der Waals surface area contributed by atoms with E-state index in [0.29, 0.717) is 10.7 Å². The SMILES string of the molecule is Nc1nc(=S)n(N)c(N)c1N=Nc1ccc(Cl)cc1. The third kappa shape index (κ3) is 2.80. The molecule has 2 aromatic rings. The Morgan fingerprint density at radius 3 is 2.42 bits per heavy atom. The smallest absolute Gasteiger partial charge is 0.222 e. The summed E-state index contributed by atoms with van der Waals surface area (Å²) in [5.74, 6) is 5.75. The van der Waals surface area contributed by atoms with Crippen molar-refractivity contribution in [2.45, 2.75) is 0 Å². The van der Waals surface area contributed by atoms with Crippen LogP contribution in [0.4, 0.5) is 23.0 Å². The Balaban J connectivity index is 2.41. The van der Waals surface area contributed by atoms with E-state index in [9.17, 15) is 0 Å². The maximum atomic E-state index is 5.76. The molecule has 1 heterocycles. The maximum Gasteiger partial charge on any atom is 0.222 e. The van der Waals surface area contributed by atoms with Gasteiger partial charge < -0.3 is 17.3 Å². The van der Waals surface area contributed by atoms with Gasteiger partial charge in [0, 0.05) is 5.02 Å². The van der Waals surface area contributed by atoms with Gasteiger partial charge >= 0.3 is 0 Å². The number of hydrogen-bond acceptors (Lipinski definition) is 7. The summed E-state index contributed by atoms with van der Waals surface area (Å²) >= 11 is 10.6. The zero-order valence-electron chi connectivity index (χ0n) is 9.62. The number of nitrogen functional groups attached to an aromatic ring is 3. The van der Waals surface area contributed by atoms with Crippen molar-refractivity contribution in [1.82, 2.24) is 9.66 Å². The Bertz CT molecular complexity index is 692. The lowest BCUT2D eigenvalue weighted by molar-refractivity contribution is 0.924. The van der Waals surface area contributed by atoms with Gasteiger partial charge in [-0.3, -0.25) is 0 Å². The summed E-state index contributed by atoms with van der Waals surface area (Å²) in [5, 5.41) is 8.51. The average molecular weight is 296 g/mol. The monoisotopic (exact) mass is 295 g/mol. The van der Waals surface area contributed by atoms with E-state index in [1.54, 1.807) is 24.3 Å². The summed E-state index contributed by atoms with van der Waals surface area (Å²) < 4.78 is 1.09. The highest BCUT2D eigenvalue weighted by molar-refractivity contribution is 7.71. The molecule has 1 aromatic heterocycles. The first-order valence-corrected chi connectivity index (χ1v) is 5.88. The van der Waals surface area contributed by atoms with Crippen LogP contribution in [0.2, 0.25) is 5.02 Å². The molecule has 19 heavy (non-hydrogen) atoms. The number of nitrogens with two attached hydrogens (primary N) is 3. The van der Waals surface area contributed by atoms with Gasteiger partial charge in [0.25, 0.3) is 0 Å². The molecule has 0 fully saturated rings. The Labute approximate surface area is 118 Å². The van der Waals surface area contributed by atoms with Crippen molar-refractivity contribution in [1.29, 1.82) is 0 Å². The Morgan fingerprint density at radius 2 is 1.79 bits per heavy atom. The topological polar surface area (TPSA) is 121 Å². The summed E-state index contributed by atoms with van der Waals surface area (Å²) in [6, 6.07) is 6.78. The molecule has 0 amide bonds. The van der Waals surface area contributed by atoms with Gasteiger partial charge in [0.1, 0.15) is 0 Å². The van der Waals surface area contributed by atoms with Crippen LogP contribution in [0.1, 0.15) is 0 Å². The predicted molar refractivity (Wildman–Crippen MR) is 77.7 cm³/mol. The molecule has 0 aliphatic heterocycles. The van der Waals surface area contributed by atoms with Crippen LogP contribution in [0.3, 0.4) is 0 Å². The number of hydrogen-bond donors (Lipinski definition) is 3. The molecule has 2 rings (SSSR count). The molecule has 9 heteroatoms. The van der Waals surface area contributed by atoms with E-state index in [2.05, 4.69) is 15.2 Å². The zero-order chi connectivity index (χ0) is 14.0. The lowest BCUT2D eigenvalue weighted by Crippen LogP contribution is -2.17. The minimum absolute atomic E-state index is 0.0699. The van der Waals surface area contributed by atoms with E-state index in [1.165, 1.54) is 0 Å². The van der Waals surface area contributed by atoms with Gasteiger partial charge in [-0.1, -0.05) is 11.6 Å². The maximum absolute atomic E-state index is 5.76. The van der Waals surface area contributed by atoms with Gasteiger partial charge in [0.05, 0.1) is 5.69 Å². The van der Waals surface area contributed by atoms with Crippen molar-refractivity contribution in [3.63, 3.8) is 0 Å². The van der Waals surface area contributed by atoms with Gasteiger partial charge in [-0.2, -0.15) is 10.1 Å². The normalized spacial score (nSPS) is 11.0. The van der Waals surface area contributed by atoms with E-state index in [-0.39, 0.29) is 22.1 Å². The molecule has 0 spiro atoms. The first kappa shape index (κ1) is 13.2. The minimum Gasteiger partial charge on any atom is -0.382 e. The lowest BCUT2D eigenvalue weighted by Gasteiger charge is -2.07. The molecule has 7 nitrogen and oxygen atoms in total. The van der Waals surface area contributed by atoms with Gasteiger partial charge in [-0.05, 0) is 36.5 Å². The number of aromatic nitrogens is 2. The number of anilines is 2. The van der Waals surface area contributed by atoms with Crippen LogP contribution >= 0.6 is 23.8 Å². The van der Waals surface area contributed by atoms with Gasteiger partial charge in [-0.15, -0.1) is 5.11 Å². The van der Waals surface area contributed by atoms with Crippen LogP contribution in [0.25, 0.3) is 0 Å². The summed E-state index contributed by atoms with van der Waals surface area (Å²) in [5.41, 5.74) is 12.2. The molecule has 0 atom stereocenters. The quantitative estimate of drug-likeness (QED) is 0.446. The summed E-state index contributed by atoms with van der Waals surface area (Å²) in [7, 11) is 0. The second-order valence-electron chi connectivity index (χ2n) is 3.56. The van der Waals surface area contributed by atoms with Crippen molar-refractivity contribution >= 4 is 46.8 Å². The molecule has 6 N–H and O–H groups in total. The number of azo groups is 1. The molecular formula is C10H10ClN7S. The molecule has 0 aliphatic rings. The van der Waals surface area contributed by atoms with Crippen LogP contribution in [-0.2, 0) is 0 Å². The van der Waals surface area contributed by atoms with Gasteiger partial charge in [0.2, 0.25) is 4.77 Å².